The molecule has 0 radical (unpaired) electrons. The Morgan fingerprint density at radius 1 is 1.04 bits per heavy atom. The summed E-state index contributed by atoms with van der Waals surface area (Å²) in [5, 5.41) is 3.92. The summed E-state index contributed by atoms with van der Waals surface area (Å²) in [4.78, 5) is 13.9. The van der Waals surface area contributed by atoms with Crippen LogP contribution < -0.4 is 4.90 Å². The van der Waals surface area contributed by atoms with Crippen molar-refractivity contribution in [3.05, 3.63) is 59.5 Å². The number of rotatable bonds is 4. The van der Waals surface area contributed by atoms with Crippen LogP contribution in [0.25, 0.3) is 11.5 Å². The Labute approximate surface area is 159 Å². The van der Waals surface area contributed by atoms with E-state index in [9.17, 15) is 0 Å². The van der Waals surface area contributed by atoms with Crippen molar-refractivity contribution in [2.45, 2.75) is 26.8 Å². The molecule has 2 aromatic heterocycles. The standard InChI is InChI=1S/C21H25N5O/c1-16-6-3-7-18(14-16)15-25-10-5-11-26(13-12-25)20-19(8-4-9-22-20)21-23-17(2)24-27-21/h3-4,6-9,14H,5,10-13,15H2,1-2H3. The van der Waals surface area contributed by atoms with Crippen LogP contribution in [0.3, 0.4) is 0 Å². The fourth-order valence-electron chi connectivity index (χ4n) is 3.63. The molecule has 0 amide bonds. The van der Waals surface area contributed by atoms with Crippen LogP contribution in [0.4, 0.5) is 5.82 Å². The molecule has 0 N–H and O–H groups in total. The number of nitrogens with zero attached hydrogens (tertiary/aromatic N) is 5. The van der Waals surface area contributed by atoms with Gasteiger partial charge in [0, 0.05) is 38.9 Å². The summed E-state index contributed by atoms with van der Waals surface area (Å²) in [6, 6.07) is 12.7. The molecule has 3 aromatic rings. The molecule has 140 valence electrons. The van der Waals surface area contributed by atoms with E-state index in [4.69, 9.17) is 4.52 Å². The van der Waals surface area contributed by atoms with Crippen molar-refractivity contribution in [3.8, 4) is 11.5 Å². The fourth-order valence-corrected chi connectivity index (χ4v) is 3.63. The SMILES string of the molecule is Cc1cccc(CN2CCCN(c3ncccc3-c3nc(C)no3)CC2)c1. The first-order valence-electron chi connectivity index (χ1n) is 9.47. The first-order chi connectivity index (χ1) is 13.2. The third-order valence-corrected chi connectivity index (χ3v) is 4.92. The molecule has 0 atom stereocenters. The van der Waals surface area contributed by atoms with Crippen LogP contribution in [-0.4, -0.2) is 46.2 Å². The van der Waals surface area contributed by atoms with Gasteiger partial charge >= 0.3 is 0 Å². The summed E-state index contributed by atoms with van der Waals surface area (Å²) < 4.78 is 5.39. The molecule has 1 aliphatic heterocycles. The summed E-state index contributed by atoms with van der Waals surface area (Å²) in [5.41, 5.74) is 3.60. The minimum atomic E-state index is 0.538. The summed E-state index contributed by atoms with van der Waals surface area (Å²) in [5.74, 6) is 2.11. The van der Waals surface area contributed by atoms with Gasteiger partial charge in [-0.25, -0.2) is 4.98 Å². The normalized spacial score (nSPS) is 15.7. The number of aromatic nitrogens is 3. The first-order valence-corrected chi connectivity index (χ1v) is 9.47. The zero-order chi connectivity index (χ0) is 18.6. The van der Waals surface area contributed by atoms with Crippen LogP contribution in [0.1, 0.15) is 23.4 Å². The molecule has 1 saturated heterocycles. The Hall–Kier alpha value is -2.73. The molecule has 1 fully saturated rings. The lowest BCUT2D eigenvalue weighted by atomic mass is 10.1. The highest BCUT2D eigenvalue weighted by Gasteiger charge is 2.21. The second kappa shape index (κ2) is 7.88. The number of hydrogen-bond acceptors (Lipinski definition) is 6. The average Bonchev–Trinajstić information content (AvgIpc) is 2.97. The van der Waals surface area contributed by atoms with E-state index in [1.54, 1.807) is 0 Å². The quantitative estimate of drug-likeness (QED) is 0.707. The van der Waals surface area contributed by atoms with E-state index in [2.05, 4.69) is 56.1 Å². The van der Waals surface area contributed by atoms with Gasteiger partial charge in [-0.15, -0.1) is 0 Å². The topological polar surface area (TPSA) is 58.3 Å². The van der Waals surface area contributed by atoms with E-state index >= 15 is 0 Å². The molecule has 0 aliphatic carbocycles. The van der Waals surface area contributed by atoms with Gasteiger partial charge in [0.1, 0.15) is 5.82 Å². The lowest BCUT2D eigenvalue weighted by Crippen LogP contribution is -2.31. The molecule has 3 heterocycles. The number of aryl methyl sites for hydroxylation is 2. The molecule has 4 rings (SSSR count). The predicted octanol–water partition coefficient (Wildman–Crippen LogP) is 3.46. The largest absolute Gasteiger partial charge is 0.355 e. The number of pyridine rings is 1. The second-order valence-electron chi connectivity index (χ2n) is 7.13. The molecule has 0 bridgehead atoms. The van der Waals surface area contributed by atoms with Gasteiger partial charge in [-0.1, -0.05) is 35.0 Å². The minimum absolute atomic E-state index is 0.538. The average molecular weight is 363 g/mol. The van der Waals surface area contributed by atoms with Gasteiger partial charge in [-0.2, -0.15) is 4.98 Å². The highest BCUT2D eigenvalue weighted by molar-refractivity contribution is 5.69. The highest BCUT2D eigenvalue weighted by Crippen LogP contribution is 2.28. The zero-order valence-electron chi connectivity index (χ0n) is 15.9. The molecule has 1 aromatic carbocycles. The van der Waals surface area contributed by atoms with Crippen molar-refractivity contribution in [3.63, 3.8) is 0 Å². The molecular weight excluding hydrogens is 338 g/mol. The van der Waals surface area contributed by atoms with Gasteiger partial charge in [0.25, 0.3) is 5.89 Å². The van der Waals surface area contributed by atoms with Crippen LogP contribution >= 0.6 is 0 Å². The fraction of sp³-hybridized carbons (Fsp3) is 0.381. The number of benzene rings is 1. The van der Waals surface area contributed by atoms with Crippen molar-refractivity contribution in [2.75, 3.05) is 31.1 Å². The van der Waals surface area contributed by atoms with E-state index in [-0.39, 0.29) is 0 Å². The van der Waals surface area contributed by atoms with Crippen LogP contribution in [0.2, 0.25) is 0 Å². The van der Waals surface area contributed by atoms with Gasteiger partial charge in [-0.05, 0) is 38.0 Å². The number of anilines is 1. The molecule has 0 saturated carbocycles. The van der Waals surface area contributed by atoms with E-state index in [1.165, 1.54) is 11.1 Å². The van der Waals surface area contributed by atoms with Crippen LogP contribution in [0.5, 0.6) is 0 Å². The van der Waals surface area contributed by atoms with E-state index in [0.29, 0.717) is 11.7 Å². The molecule has 0 spiro atoms. The predicted molar refractivity (Wildman–Crippen MR) is 106 cm³/mol. The Balaban J connectivity index is 1.49. The summed E-state index contributed by atoms with van der Waals surface area (Å²) in [6.45, 7) is 8.98. The maximum atomic E-state index is 5.39. The van der Waals surface area contributed by atoms with E-state index in [1.807, 2.05) is 25.3 Å². The van der Waals surface area contributed by atoms with E-state index < -0.39 is 0 Å². The Morgan fingerprint density at radius 2 is 1.96 bits per heavy atom. The zero-order valence-corrected chi connectivity index (χ0v) is 15.9. The van der Waals surface area contributed by atoms with Gasteiger partial charge in [0.2, 0.25) is 0 Å². The summed E-state index contributed by atoms with van der Waals surface area (Å²) in [6.07, 6.45) is 2.93. The Kier molecular flexibility index (Phi) is 5.16. The molecule has 1 aliphatic rings. The molecule has 6 heteroatoms. The van der Waals surface area contributed by atoms with Crippen LogP contribution in [0.15, 0.2) is 47.1 Å². The maximum Gasteiger partial charge on any atom is 0.261 e. The minimum Gasteiger partial charge on any atom is -0.355 e. The summed E-state index contributed by atoms with van der Waals surface area (Å²) >= 11 is 0. The molecule has 27 heavy (non-hydrogen) atoms. The maximum absolute atomic E-state index is 5.39. The smallest absolute Gasteiger partial charge is 0.261 e. The van der Waals surface area contributed by atoms with Gasteiger partial charge < -0.3 is 9.42 Å². The van der Waals surface area contributed by atoms with Gasteiger partial charge in [0.05, 0.1) is 5.56 Å². The number of hydrogen-bond donors (Lipinski definition) is 0. The second-order valence-corrected chi connectivity index (χ2v) is 7.13. The molecule has 6 nitrogen and oxygen atoms in total. The third-order valence-electron chi connectivity index (χ3n) is 4.92. The van der Waals surface area contributed by atoms with Gasteiger partial charge in [-0.3, -0.25) is 4.90 Å². The van der Waals surface area contributed by atoms with Gasteiger partial charge in [0.15, 0.2) is 5.82 Å². The first kappa shape index (κ1) is 17.7. The highest BCUT2D eigenvalue weighted by atomic mass is 16.5. The van der Waals surface area contributed by atoms with Crippen LogP contribution in [-0.2, 0) is 6.54 Å². The third kappa shape index (κ3) is 4.17. The summed E-state index contributed by atoms with van der Waals surface area (Å²) in [7, 11) is 0. The Morgan fingerprint density at radius 3 is 2.78 bits per heavy atom. The lowest BCUT2D eigenvalue weighted by molar-refractivity contribution is 0.285. The lowest BCUT2D eigenvalue weighted by Gasteiger charge is -2.24. The van der Waals surface area contributed by atoms with Crippen molar-refractivity contribution in [1.29, 1.82) is 0 Å². The molecular formula is C21H25N5O. The van der Waals surface area contributed by atoms with Crippen LogP contribution in [0, 0.1) is 13.8 Å². The van der Waals surface area contributed by atoms with Crippen molar-refractivity contribution >= 4 is 5.82 Å². The van der Waals surface area contributed by atoms with Crippen molar-refractivity contribution in [1.82, 2.24) is 20.0 Å². The van der Waals surface area contributed by atoms with Crippen molar-refractivity contribution in [2.24, 2.45) is 0 Å². The Bertz CT molecular complexity index is 907. The molecule has 0 unspecified atom stereocenters. The monoisotopic (exact) mass is 363 g/mol. The van der Waals surface area contributed by atoms with E-state index in [0.717, 1.165) is 50.5 Å². The van der Waals surface area contributed by atoms with Crippen molar-refractivity contribution < 1.29 is 4.52 Å².